The lowest BCUT2D eigenvalue weighted by Gasteiger charge is -2.37. The molecule has 19 heavy (non-hydrogen) atoms. The van der Waals surface area contributed by atoms with E-state index in [1.54, 1.807) is 18.2 Å². The number of piperidine rings is 1. The second-order valence-electron chi connectivity index (χ2n) is 6.03. The lowest BCUT2D eigenvalue weighted by Crippen LogP contribution is -2.42. The number of halogens is 2. The number of hydrogen-bond donors (Lipinski definition) is 0. The van der Waals surface area contributed by atoms with Gasteiger partial charge >= 0.3 is 0 Å². The van der Waals surface area contributed by atoms with Crippen molar-refractivity contribution < 1.29 is 4.79 Å². The number of carbonyl (C=O) groups is 1. The van der Waals surface area contributed by atoms with Crippen LogP contribution >= 0.6 is 23.2 Å². The van der Waals surface area contributed by atoms with Gasteiger partial charge in [-0.15, -0.1) is 0 Å². The summed E-state index contributed by atoms with van der Waals surface area (Å²) < 4.78 is 0. The van der Waals surface area contributed by atoms with E-state index in [1.807, 2.05) is 0 Å². The number of Topliss-reactive ketones (excluding diaryl/α,β-unsaturated/α-hetero) is 1. The molecular formula is C15H19Cl2NO. The third-order valence-corrected chi connectivity index (χ3v) is 4.13. The first kappa shape index (κ1) is 14.8. The monoisotopic (exact) mass is 299 g/mol. The van der Waals surface area contributed by atoms with Gasteiger partial charge in [-0.3, -0.25) is 9.69 Å². The van der Waals surface area contributed by atoms with Gasteiger partial charge in [-0.05, 0) is 43.0 Å². The molecular weight excluding hydrogens is 281 g/mol. The van der Waals surface area contributed by atoms with Gasteiger partial charge in [-0.25, -0.2) is 0 Å². The largest absolute Gasteiger partial charge is 0.295 e. The number of ketones is 1. The van der Waals surface area contributed by atoms with Crippen molar-refractivity contribution in [2.75, 3.05) is 19.6 Å². The fourth-order valence-electron chi connectivity index (χ4n) is 2.68. The summed E-state index contributed by atoms with van der Waals surface area (Å²) in [6.45, 7) is 6.88. The maximum Gasteiger partial charge on any atom is 0.178 e. The van der Waals surface area contributed by atoms with Crippen LogP contribution in [0.2, 0.25) is 10.0 Å². The van der Waals surface area contributed by atoms with Crippen molar-refractivity contribution in [3.63, 3.8) is 0 Å². The first-order valence-electron chi connectivity index (χ1n) is 6.58. The molecule has 0 radical (unpaired) electrons. The van der Waals surface area contributed by atoms with E-state index < -0.39 is 0 Å². The maximum atomic E-state index is 12.3. The summed E-state index contributed by atoms with van der Waals surface area (Å²) in [5.41, 5.74) is 0.858. The van der Waals surface area contributed by atoms with Gasteiger partial charge in [0, 0.05) is 17.1 Å². The van der Waals surface area contributed by atoms with Crippen molar-refractivity contribution in [2.24, 2.45) is 5.41 Å². The van der Waals surface area contributed by atoms with Crippen LogP contribution in [-0.2, 0) is 0 Å². The van der Waals surface area contributed by atoms with Gasteiger partial charge in [0.2, 0.25) is 0 Å². The molecule has 104 valence electrons. The van der Waals surface area contributed by atoms with Crippen LogP contribution < -0.4 is 0 Å². The van der Waals surface area contributed by atoms with Crippen LogP contribution in [0, 0.1) is 5.41 Å². The summed E-state index contributed by atoms with van der Waals surface area (Å²) in [5.74, 6) is 0.0689. The number of rotatable bonds is 3. The van der Waals surface area contributed by atoms with Crippen LogP contribution in [0.5, 0.6) is 0 Å². The van der Waals surface area contributed by atoms with E-state index >= 15 is 0 Å². The molecule has 0 saturated carbocycles. The van der Waals surface area contributed by atoms with Crippen molar-refractivity contribution in [3.8, 4) is 0 Å². The van der Waals surface area contributed by atoms with Crippen molar-refractivity contribution in [1.29, 1.82) is 0 Å². The molecule has 0 N–H and O–H groups in total. The molecule has 1 fully saturated rings. The Morgan fingerprint density at radius 1 is 1.37 bits per heavy atom. The Bertz CT molecular complexity index is 485. The molecule has 2 rings (SSSR count). The maximum absolute atomic E-state index is 12.3. The molecule has 1 aliphatic heterocycles. The Morgan fingerprint density at radius 3 is 2.74 bits per heavy atom. The van der Waals surface area contributed by atoms with Gasteiger partial charge in [0.1, 0.15) is 0 Å². The van der Waals surface area contributed by atoms with Gasteiger partial charge in [-0.2, -0.15) is 0 Å². The van der Waals surface area contributed by atoms with Crippen molar-refractivity contribution in [1.82, 2.24) is 4.90 Å². The summed E-state index contributed by atoms with van der Waals surface area (Å²) in [6.07, 6.45) is 2.37. The highest BCUT2D eigenvalue weighted by Crippen LogP contribution is 2.29. The van der Waals surface area contributed by atoms with E-state index in [0.29, 0.717) is 27.6 Å². The molecule has 1 aromatic carbocycles. The fourth-order valence-corrected chi connectivity index (χ4v) is 3.20. The third-order valence-electron chi connectivity index (χ3n) is 3.58. The Kier molecular flexibility index (Phi) is 4.54. The average molecular weight is 300 g/mol. The third kappa shape index (κ3) is 3.95. The number of hydrogen-bond acceptors (Lipinski definition) is 2. The van der Waals surface area contributed by atoms with Crippen molar-refractivity contribution >= 4 is 29.0 Å². The van der Waals surface area contributed by atoms with Crippen LogP contribution in [0.1, 0.15) is 37.0 Å². The molecule has 0 spiro atoms. The Hall–Kier alpha value is -0.570. The molecule has 0 aliphatic carbocycles. The lowest BCUT2D eigenvalue weighted by molar-refractivity contribution is 0.0810. The van der Waals surface area contributed by atoms with Gasteiger partial charge in [0.05, 0.1) is 11.6 Å². The Labute approximate surface area is 124 Å². The van der Waals surface area contributed by atoms with E-state index in [4.69, 9.17) is 23.2 Å². The predicted molar refractivity (Wildman–Crippen MR) is 80.2 cm³/mol. The second-order valence-corrected chi connectivity index (χ2v) is 6.87. The minimum atomic E-state index is 0.0689. The van der Waals surface area contributed by atoms with Gasteiger partial charge in [0.25, 0.3) is 0 Å². The van der Waals surface area contributed by atoms with E-state index in [1.165, 1.54) is 6.42 Å². The molecule has 1 saturated heterocycles. The first-order valence-corrected chi connectivity index (χ1v) is 7.34. The fraction of sp³-hybridized carbons (Fsp3) is 0.533. The molecule has 2 nitrogen and oxygen atoms in total. The molecule has 1 aromatic rings. The number of benzene rings is 1. The summed E-state index contributed by atoms with van der Waals surface area (Å²) in [7, 11) is 0. The summed E-state index contributed by atoms with van der Waals surface area (Å²) in [5, 5.41) is 0.995. The van der Waals surface area contributed by atoms with Gasteiger partial charge in [0.15, 0.2) is 5.78 Å². The van der Waals surface area contributed by atoms with E-state index in [0.717, 1.165) is 19.5 Å². The van der Waals surface area contributed by atoms with Crippen molar-refractivity contribution in [2.45, 2.75) is 26.7 Å². The Balaban J connectivity index is 2.04. The molecule has 4 heteroatoms. The number of nitrogens with zero attached hydrogens (tertiary/aromatic N) is 1. The first-order chi connectivity index (χ1) is 8.87. The van der Waals surface area contributed by atoms with Gasteiger partial charge < -0.3 is 0 Å². The van der Waals surface area contributed by atoms with E-state index in [-0.39, 0.29) is 5.78 Å². The highest BCUT2D eigenvalue weighted by Gasteiger charge is 2.27. The molecule has 0 amide bonds. The van der Waals surface area contributed by atoms with Crippen LogP contribution in [0.25, 0.3) is 0 Å². The van der Waals surface area contributed by atoms with Crippen LogP contribution in [0.3, 0.4) is 0 Å². The predicted octanol–water partition coefficient (Wildman–Crippen LogP) is 4.30. The summed E-state index contributed by atoms with van der Waals surface area (Å²) >= 11 is 11.9. The minimum Gasteiger partial charge on any atom is -0.295 e. The average Bonchev–Trinajstić information content (AvgIpc) is 2.27. The van der Waals surface area contributed by atoms with E-state index in [2.05, 4.69) is 18.7 Å². The normalized spacial score (nSPS) is 19.4. The zero-order chi connectivity index (χ0) is 14.0. The summed E-state index contributed by atoms with van der Waals surface area (Å²) in [4.78, 5) is 14.5. The topological polar surface area (TPSA) is 20.3 Å². The molecule has 0 bridgehead atoms. The van der Waals surface area contributed by atoms with Crippen LogP contribution in [-0.4, -0.2) is 30.3 Å². The SMILES string of the molecule is CC1(C)CCCN(CC(=O)c2ccc(Cl)cc2Cl)C1. The number of carbonyl (C=O) groups excluding carboxylic acids is 1. The Morgan fingerprint density at radius 2 is 2.11 bits per heavy atom. The standard InChI is InChI=1S/C15H19Cl2NO/c1-15(2)6-3-7-18(10-15)9-14(19)12-5-4-11(16)8-13(12)17/h4-5,8H,3,6-7,9-10H2,1-2H3. The lowest BCUT2D eigenvalue weighted by atomic mass is 9.84. The highest BCUT2D eigenvalue weighted by molar-refractivity contribution is 6.36. The molecule has 0 unspecified atom stereocenters. The van der Waals surface area contributed by atoms with Crippen LogP contribution in [0.15, 0.2) is 18.2 Å². The van der Waals surface area contributed by atoms with E-state index in [9.17, 15) is 4.79 Å². The second kappa shape index (κ2) is 5.82. The van der Waals surface area contributed by atoms with Crippen LogP contribution in [0.4, 0.5) is 0 Å². The highest BCUT2D eigenvalue weighted by atomic mass is 35.5. The molecule has 1 aliphatic rings. The molecule has 0 atom stereocenters. The number of likely N-dealkylation sites (tertiary alicyclic amines) is 1. The van der Waals surface area contributed by atoms with Gasteiger partial charge in [-0.1, -0.05) is 37.0 Å². The summed E-state index contributed by atoms with van der Waals surface area (Å²) in [6, 6.07) is 5.04. The quantitative estimate of drug-likeness (QED) is 0.776. The minimum absolute atomic E-state index is 0.0689. The molecule has 1 heterocycles. The zero-order valence-electron chi connectivity index (χ0n) is 11.4. The van der Waals surface area contributed by atoms with Crippen molar-refractivity contribution in [3.05, 3.63) is 33.8 Å². The molecule has 0 aromatic heterocycles. The smallest absolute Gasteiger partial charge is 0.178 e. The zero-order valence-corrected chi connectivity index (χ0v) is 12.9.